The van der Waals surface area contributed by atoms with Crippen LogP contribution in [0.25, 0.3) is 6.08 Å². The first-order valence-electron chi connectivity index (χ1n) is 3.58. The van der Waals surface area contributed by atoms with E-state index in [0.29, 0.717) is 5.01 Å². The molecule has 4 heteroatoms. The van der Waals surface area contributed by atoms with Gasteiger partial charge in [-0.1, -0.05) is 6.08 Å². The Hall–Kier alpha value is -1.00. The summed E-state index contributed by atoms with van der Waals surface area (Å²) >= 11 is 1.36. The minimum Gasteiger partial charge on any atom is -0.316 e. The molecule has 0 unspecified atom stereocenters. The van der Waals surface area contributed by atoms with Gasteiger partial charge in [-0.2, -0.15) is 0 Å². The summed E-state index contributed by atoms with van der Waals surface area (Å²) in [6.45, 7) is 0.813. The summed E-state index contributed by atoms with van der Waals surface area (Å²) in [4.78, 5) is 14.3. The first-order valence-corrected chi connectivity index (χ1v) is 4.46. The summed E-state index contributed by atoms with van der Waals surface area (Å²) in [5.41, 5.74) is 0.845. The largest absolute Gasteiger partial charge is 0.316 e. The molecule has 0 spiro atoms. The van der Waals surface area contributed by atoms with Gasteiger partial charge in [-0.15, -0.1) is 11.3 Å². The highest BCUT2D eigenvalue weighted by Gasteiger charge is 1.95. The highest BCUT2D eigenvalue weighted by molar-refractivity contribution is 7.11. The van der Waals surface area contributed by atoms with E-state index in [1.54, 1.807) is 0 Å². The molecular weight excluding hydrogens is 172 g/mol. The number of hydrogen-bond acceptors (Lipinski definition) is 4. The van der Waals surface area contributed by atoms with Gasteiger partial charge < -0.3 is 5.32 Å². The maximum Gasteiger partial charge on any atom is 0.178 e. The third-order valence-corrected chi connectivity index (χ3v) is 2.04. The number of likely N-dealkylation sites (N-methyl/N-ethyl adjacent to an activating group) is 1. The number of carbonyl (C=O) groups excluding carboxylic acids is 1. The lowest BCUT2D eigenvalue weighted by Crippen LogP contribution is -2.03. The average Bonchev–Trinajstić information content (AvgIpc) is 2.53. The van der Waals surface area contributed by atoms with Crippen molar-refractivity contribution in [1.29, 1.82) is 0 Å². The molecule has 12 heavy (non-hydrogen) atoms. The van der Waals surface area contributed by atoms with Gasteiger partial charge in [0, 0.05) is 11.9 Å². The predicted octanol–water partition coefficient (Wildman–Crippen LogP) is 1.19. The van der Waals surface area contributed by atoms with Crippen molar-refractivity contribution in [2.24, 2.45) is 0 Å². The number of nitrogens with zero attached hydrogens (tertiary/aromatic N) is 1. The van der Waals surface area contributed by atoms with E-state index in [1.165, 1.54) is 11.3 Å². The molecule has 1 N–H and O–H groups in total. The Morgan fingerprint density at radius 2 is 2.58 bits per heavy atom. The number of carbonyl (C=O) groups is 1. The lowest BCUT2D eigenvalue weighted by atomic mass is 10.4. The van der Waals surface area contributed by atoms with Gasteiger partial charge in [-0.05, 0) is 13.1 Å². The molecule has 0 aromatic carbocycles. The quantitative estimate of drug-likeness (QED) is 0.711. The molecule has 0 aliphatic carbocycles. The molecule has 1 aromatic heterocycles. The van der Waals surface area contributed by atoms with Crippen LogP contribution < -0.4 is 5.32 Å². The van der Waals surface area contributed by atoms with Crippen molar-refractivity contribution in [3.63, 3.8) is 0 Å². The SMILES string of the molecule is CNCC=Cc1csc(C=O)n1. The van der Waals surface area contributed by atoms with Crippen LogP contribution in [0.4, 0.5) is 0 Å². The zero-order chi connectivity index (χ0) is 8.81. The Morgan fingerprint density at radius 3 is 3.17 bits per heavy atom. The molecule has 1 aromatic rings. The van der Waals surface area contributed by atoms with Crippen LogP contribution >= 0.6 is 11.3 Å². The molecule has 1 heterocycles. The van der Waals surface area contributed by atoms with Gasteiger partial charge in [0.1, 0.15) is 0 Å². The summed E-state index contributed by atoms with van der Waals surface area (Å²) in [5.74, 6) is 0. The Morgan fingerprint density at radius 1 is 1.75 bits per heavy atom. The van der Waals surface area contributed by atoms with Crippen molar-refractivity contribution in [2.45, 2.75) is 0 Å². The second-order valence-corrected chi connectivity index (χ2v) is 3.08. The van der Waals surface area contributed by atoms with Gasteiger partial charge in [0.05, 0.1) is 5.69 Å². The normalized spacial score (nSPS) is 10.8. The third kappa shape index (κ3) is 2.56. The molecule has 0 fully saturated rings. The van der Waals surface area contributed by atoms with Crippen molar-refractivity contribution in [3.05, 3.63) is 22.2 Å². The summed E-state index contributed by atoms with van der Waals surface area (Å²) in [7, 11) is 1.88. The zero-order valence-corrected chi connectivity index (χ0v) is 7.60. The van der Waals surface area contributed by atoms with Crippen molar-refractivity contribution in [1.82, 2.24) is 10.3 Å². The van der Waals surface area contributed by atoms with E-state index in [1.807, 2.05) is 24.6 Å². The van der Waals surface area contributed by atoms with Crippen LogP contribution in [0.3, 0.4) is 0 Å². The van der Waals surface area contributed by atoms with Crippen molar-refractivity contribution >= 4 is 23.7 Å². The molecule has 0 bridgehead atoms. The molecule has 3 nitrogen and oxygen atoms in total. The molecule has 0 atom stereocenters. The molecule has 0 saturated carbocycles. The fourth-order valence-corrected chi connectivity index (χ4v) is 1.32. The number of rotatable bonds is 4. The lowest BCUT2D eigenvalue weighted by molar-refractivity contribution is 0.112. The Balaban J connectivity index is 2.57. The summed E-state index contributed by atoms with van der Waals surface area (Å²) in [6, 6.07) is 0. The topological polar surface area (TPSA) is 42.0 Å². The summed E-state index contributed by atoms with van der Waals surface area (Å²) in [6.07, 6.45) is 4.61. The minimum atomic E-state index is 0.527. The highest BCUT2D eigenvalue weighted by Crippen LogP contribution is 2.08. The van der Waals surface area contributed by atoms with E-state index in [4.69, 9.17) is 0 Å². The second-order valence-electron chi connectivity index (χ2n) is 2.19. The van der Waals surface area contributed by atoms with E-state index in [-0.39, 0.29) is 0 Å². The van der Waals surface area contributed by atoms with Crippen molar-refractivity contribution < 1.29 is 4.79 Å². The van der Waals surface area contributed by atoms with Crippen LogP contribution in [-0.4, -0.2) is 24.9 Å². The van der Waals surface area contributed by atoms with Gasteiger partial charge in [0.25, 0.3) is 0 Å². The van der Waals surface area contributed by atoms with E-state index < -0.39 is 0 Å². The van der Waals surface area contributed by atoms with Gasteiger partial charge in [-0.3, -0.25) is 4.79 Å². The predicted molar refractivity (Wildman–Crippen MR) is 50.5 cm³/mol. The number of hydrogen-bond donors (Lipinski definition) is 1. The highest BCUT2D eigenvalue weighted by atomic mass is 32.1. The van der Waals surface area contributed by atoms with E-state index in [2.05, 4.69) is 10.3 Å². The summed E-state index contributed by atoms with van der Waals surface area (Å²) < 4.78 is 0. The fraction of sp³-hybridized carbons (Fsp3) is 0.250. The summed E-state index contributed by atoms with van der Waals surface area (Å²) in [5, 5.41) is 5.36. The Labute approximate surface area is 75.1 Å². The van der Waals surface area contributed by atoms with Crippen LogP contribution in [-0.2, 0) is 0 Å². The molecule has 0 radical (unpaired) electrons. The number of aldehydes is 1. The van der Waals surface area contributed by atoms with Crippen molar-refractivity contribution in [2.75, 3.05) is 13.6 Å². The van der Waals surface area contributed by atoms with Crippen LogP contribution in [0, 0.1) is 0 Å². The number of nitrogens with one attached hydrogen (secondary N) is 1. The van der Waals surface area contributed by atoms with Gasteiger partial charge in [0.2, 0.25) is 0 Å². The molecule has 0 aliphatic heterocycles. The van der Waals surface area contributed by atoms with E-state index >= 15 is 0 Å². The zero-order valence-electron chi connectivity index (χ0n) is 6.78. The average molecular weight is 182 g/mol. The molecule has 0 saturated heterocycles. The second kappa shape index (κ2) is 4.79. The van der Waals surface area contributed by atoms with E-state index in [9.17, 15) is 4.79 Å². The maximum atomic E-state index is 10.3. The van der Waals surface area contributed by atoms with Gasteiger partial charge in [-0.25, -0.2) is 4.98 Å². The molecule has 64 valence electrons. The van der Waals surface area contributed by atoms with E-state index in [0.717, 1.165) is 18.5 Å². The number of aromatic nitrogens is 1. The van der Waals surface area contributed by atoms with Crippen LogP contribution in [0.2, 0.25) is 0 Å². The first kappa shape index (κ1) is 9.09. The molecular formula is C8H10N2OS. The van der Waals surface area contributed by atoms with Gasteiger partial charge >= 0.3 is 0 Å². The van der Waals surface area contributed by atoms with Crippen molar-refractivity contribution in [3.8, 4) is 0 Å². The Bertz CT molecular complexity index is 280. The fourth-order valence-electron chi connectivity index (χ4n) is 0.729. The first-order chi connectivity index (χ1) is 5.86. The third-order valence-electron chi connectivity index (χ3n) is 1.25. The standard InChI is InChI=1S/C8H10N2OS/c1-9-4-2-3-7-6-12-8(5-11)10-7/h2-3,5-6,9H,4H2,1H3. The number of thiazole rings is 1. The minimum absolute atomic E-state index is 0.527. The van der Waals surface area contributed by atoms with Crippen LogP contribution in [0.15, 0.2) is 11.5 Å². The maximum absolute atomic E-state index is 10.3. The van der Waals surface area contributed by atoms with Crippen LogP contribution in [0.5, 0.6) is 0 Å². The lowest BCUT2D eigenvalue weighted by Gasteiger charge is -1.85. The monoisotopic (exact) mass is 182 g/mol. The Kier molecular flexibility index (Phi) is 3.63. The smallest absolute Gasteiger partial charge is 0.178 e. The molecule has 1 rings (SSSR count). The molecule has 0 amide bonds. The van der Waals surface area contributed by atoms with Gasteiger partial charge in [0.15, 0.2) is 11.3 Å². The molecule has 0 aliphatic rings. The van der Waals surface area contributed by atoms with Crippen LogP contribution in [0.1, 0.15) is 15.5 Å².